The predicted molar refractivity (Wildman–Crippen MR) is 151 cm³/mol. The molecule has 0 saturated heterocycles. The van der Waals surface area contributed by atoms with Crippen molar-refractivity contribution in [2.24, 2.45) is 0 Å². The van der Waals surface area contributed by atoms with E-state index in [-0.39, 0.29) is 12.4 Å². The van der Waals surface area contributed by atoms with E-state index in [2.05, 4.69) is 103 Å². The molecule has 2 nitrogen and oxygen atoms in total. The summed E-state index contributed by atoms with van der Waals surface area (Å²) in [4.78, 5) is 0. The van der Waals surface area contributed by atoms with Gasteiger partial charge in [-0.25, -0.2) is 0 Å². The molecule has 0 saturated carbocycles. The minimum absolute atomic E-state index is 0. The maximum absolute atomic E-state index is 3.82. The molecule has 33 heavy (non-hydrogen) atoms. The molecule has 0 amide bonds. The highest BCUT2D eigenvalue weighted by Gasteiger charge is 2.21. The van der Waals surface area contributed by atoms with Gasteiger partial charge < -0.3 is 8.97 Å². The first-order valence-electron chi connectivity index (χ1n) is 12.5. The molecule has 0 heterocycles. The molecule has 0 radical (unpaired) electrons. The maximum atomic E-state index is 3.82. The van der Waals surface area contributed by atoms with Gasteiger partial charge in [0, 0.05) is 11.1 Å². The van der Waals surface area contributed by atoms with Gasteiger partial charge in [-0.05, 0) is 58.7 Å². The number of benzene rings is 2. The van der Waals surface area contributed by atoms with Gasteiger partial charge in [0.25, 0.3) is 0 Å². The van der Waals surface area contributed by atoms with Crippen LogP contribution in [0.4, 0.5) is 0 Å². The highest BCUT2D eigenvalue weighted by Crippen LogP contribution is 2.16. The molecule has 0 spiro atoms. The van der Waals surface area contributed by atoms with Crippen LogP contribution in [-0.2, 0) is 13.1 Å². The van der Waals surface area contributed by atoms with Crippen molar-refractivity contribution in [2.45, 2.75) is 54.6 Å². The van der Waals surface area contributed by atoms with Gasteiger partial charge in [0.05, 0.1) is 39.3 Å². The van der Waals surface area contributed by atoms with E-state index in [1.165, 1.54) is 70.5 Å². The number of hydrogen-bond donors (Lipinski definition) is 0. The predicted octanol–water partition coefficient (Wildman–Crippen LogP) is 7.83. The summed E-state index contributed by atoms with van der Waals surface area (Å²) in [6.45, 7) is 30.8. The second kappa shape index (κ2) is 15.9. The lowest BCUT2D eigenvalue weighted by Gasteiger charge is -2.36. The first-order valence-corrected chi connectivity index (χ1v) is 12.5. The summed E-state index contributed by atoms with van der Waals surface area (Å²) in [6, 6.07) is 17.5. The molecule has 0 N–H and O–H groups in total. The fourth-order valence-electron chi connectivity index (χ4n) is 4.36. The highest BCUT2D eigenvalue weighted by atomic mass is 35.5. The smallest absolute Gasteiger partial charge is 0.104 e. The van der Waals surface area contributed by atoms with Crippen molar-refractivity contribution < 1.29 is 8.97 Å². The second-order valence-corrected chi connectivity index (χ2v) is 8.79. The highest BCUT2D eigenvalue weighted by molar-refractivity contribution is 5.85. The molecule has 2 aromatic rings. The number of hydrogen-bond acceptors (Lipinski definition) is 0. The van der Waals surface area contributed by atoms with Crippen LogP contribution in [0.1, 0.15) is 63.8 Å². The van der Waals surface area contributed by atoms with Crippen LogP contribution in [0.2, 0.25) is 0 Å². The summed E-state index contributed by atoms with van der Waals surface area (Å²) >= 11 is 0. The van der Waals surface area contributed by atoms with Crippen LogP contribution in [0, 0.1) is 0 Å². The third-order valence-corrected chi connectivity index (χ3v) is 7.46. The molecule has 0 atom stereocenters. The van der Waals surface area contributed by atoms with Crippen molar-refractivity contribution in [1.82, 2.24) is 0 Å². The van der Waals surface area contributed by atoms with E-state index >= 15 is 0 Å². The Morgan fingerprint density at radius 1 is 0.576 bits per heavy atom. The normalized spacial score (nSPS) is 11.1. The zero-order valence-corrected chi connectivity index (χ0v) is 23.0. The molecular formula is C30H49ClN2+2. The van der Waals surface area contributed by atoms with E-state index in [1.807, 2.05) is 12.2 Å². The fraction of sp³-hybridized carbons (Fsp3) is 0.467. The van der Waals surface area contributed by atoms with Crippen molar-refractivity contribution in [1.29, 1.82) is 0 Å². The van der Waals surface area contributed by atoms with Crippen LogP contribution < -0.4 is 0 Å². The lowest BCUT2D eigenvalue weighted by molar-refractivity contribution is -0.936. The Hall–Kier alpha value is -1.87. The number of nitrogens with zero attached hydrogens (tertiary/aromatic N) is 2. The van der Waals surface area contributed by atoms with Gasteiger partial charge >= 0.3 is 0 Å². The van der Waals surface area contributed by atoms with Crippen molar-refractivity contribution in [2.75, 3.05) is 39.3 Å². The fourth-order valence-corrected chi connectivity index (χ4v) is 4.36. The van der Waals surface area contributed by atoms with Crippen LogP contribution in [0.15, 0.2) is 61.7 Å². The van der Waals surface area contributed by atoms with Gasteiger partial charge in [0.15, 0.2) is 0 Å². The quantitative estimate of drug-likeness (QED) is 0.276. The van der Waals surface area contributed by atoms with Crippen molar-refractivity contribution in [3.63, 3.8) is 0 Å². The molecule has 0 aliphatic heterocycles. The third-order valence-electron chi connectivity index (χ3n) is 7.46. The van der Waals surface area contributed by atoms with Crippen molar-refractivity contribution in [3.8, 4) is 0 Å². The lowest BCUT2D eigenvalue weighted by Crippen LogP contribution is -2.46. The minimum Gasteiger partial charge on any atom is -0.321 e. The van der Waals surface area contributed by atoms with Crippen LogP contribution in [0.25, 0.3) is 12.2 Å². The van der Waals surface area contributed by atoms with Gasteiger partial charge in [0.2, 0.25) is 0 Å². The Morgan fingerprint density at radius 3 is 1.39 bits per heavy atom. The average molecular weight is 473 g/mol. The lowest BCUT2D eigenvalue weighted by atomic mass is 10.1. The third kappa shape index (κ3) is 9.49. The minimum atomic E-state index is 0. The monoisotopic (exact) mass is 472 g/mol. The molecule has 0 aliphatic rings. The summed E-state index contributed by atoms with van der Waals surface area (Å²) in [6.07, 6.45) is 3.81. The Kier molecular flexibility index (Phi) is 15.0. The van der Waals surface area contributed by atoms with E-state index < -0.39 is 0 Å². The molecular weight excluding hydrogens is 424 g/mol. The van der Waals surface area contributed by atoms with Gasteiger partial charge in [0.1, 0.15) is 13.1 Å². The zero-order valence-electron chi connectivity index (χ0n) is 22.1. The summed E-state index contributed by atoms with van der Waals surface area (Å²) < 4.78 is 2.34. The van der Waals surface area contributed by atoms with Crippen molar-refractivity contribution in [3.05, 3.63) is 83.9 Å². The van der Waals surface area contributed by atoms with E-state index in [9.17, 15) is 0 Å². The van der Waals surface area contributed by atoms with Crippen LogP contribution in [0.3, 0.4) is 0 Å². The van der Waals surface area contributed by atoms with Gasteiger partial charge in [-0.15, -0.1) is 12.4 Å². The van der Waals surface area contributed by atoms with Gasteiger partial charge in [-0.1, -0.05) is 67.8 Å². The maximum Gasteiger partial charge on any atom is 0.104 e. The standard InChI is InChI=1S/2C15H24N.ClH/c1-5-14-9-11-15(12-10-14)13-16(6-2,7-3)8-4;1-5-14-10-9-11-15(12-14)13-16(6-2,7-3)8-4;/h2*5,9-12H,1,6-8,13H2,2-4H3;1H/q2*+1;. The largest absolute Gasteiger partial charge is 0.321 e. The number of rotatable bonds is 12. The first-order chi connectivity index (χ1) is 15.4. The molecule has 0 aromatic heterocycles. The molecule has 0 fully saturated rings. The molecule has 0 bridgehead atoms. The average Bonchev–Trinajstić information content (AvgIpc) is 2.87. The van der Waals surface area contributed by atoms with Crippen molar-refractivity contribution >= 4 is 24.6 Å². The van der Waals surface area contributed by atoms with E-state index in [0.717, 1.165) is 13.1 Å². The van der Waals surface area contributed by atoms with Gasteiger partial charge in [-0.3, -0.25) is 0 Å². The van der Waals surface area contributed by atoms with E-state index in [4.69, 9.17) is 0 Å². The van der Waals surface area contributed by atoms with E-state index in [1.54, 1.807) is 0 Å². The van der Waals surface area contributed by atoms with E-state index in [0.29, 0.717) is 0 Å². The molecule has 0 aliphatic carbocycles. The topological polar surface area (TPSA) is 0 Å². The molecule has 2 rings (SSSR count). The SMILES string of the molecule is C=Cc1ccc(C[N+](CC)(CC)CC)cc1.C=Cc1cccc(C[N+](CC)(CC)CC)c1.Cl. The van der Waals surface area contributed by atoms with Crippen LogP contribution in [-0.4, -0.2) is 48.2 Å². The Bertz CT molecular complexity index is 786. The number of halogens is 1. The molecule has 3 heteroatoms. The Balaban J connectivity index is 0.000000602. The summed E-state index contributed by atoms with van der Waals surface area (Å²) in [5, 5.41) is 0. The summed E-state index contributed by atoms with van der Waals surface area (Å²) in [5.41, 5.74) is 5.27. The first kappa shape index (κ1) is 31.1. The Morgan fingerprint density at radius 2 is 1.00 bits per heavy atom. The van der Waals surface area contributed by atoms with Gasteiger partial charge in [-0.2, -0.15) is 0 Å². The zero-order chi connectivity index (χ0) is 24.0. The summed E-state index contributed by atoms with van der Waals surface area (Å²) in [5.74, 6) is 0. The Labute approximate surface area is 211 Å². The molecule has 0 unspecified atom stereocenters. The molecule has 184 valence electrons. The molecule has 2 aromatic carbocycles. The summed E-state index contributed by atoms with van der Waals surface area (Å²) in [7, 11) is 0. The van der Waals surface area contributed by atoms with Crippen LogP contribution in [0.5, 0.6) is 0 Å². The number of quaternary nitrogens is 2. The van der Waals surface area contributed by atoms with Crippen LogP contribution >= 0.6 is 12.4 Å². The second-order valence-electron chi connectivity index (χ2n) is 8.79.